The summed E-state index contributed by atoms with van der Waals surface area (Å²) in [5.41, 5.74) is 4.23. The van der Waals surface area contributed by atoms with Crippen molar-refractivity contribution < 1.29 is 9.47 Å². The summed E-state index contributed by atoms with van der Waals surface area (Å²) in [6.45, 7) is 2.75. The van der Waals surface area contributed by atoms with Crippen LogP contribution in [0.2, 0.25) is 10.0 Å². The van der Waals surface area contributed by atoms with Gasteiger partial charge in [-0.25, -0.2) is 5.10 Å². The largest absolute Gasteiger partial charge is 0.490 e. The zero-order valence-corrected chi connectivity index (χ0v) is 17.0. The molecule has 0 saturated carbocycles. The van der Waals surface area contributed by atoms with Crippen LogP contribution in [-0.4, -0.2) is 23.0 Å². The molecule has 2 N–H and O–H groups in total. The molecular formula is C20H18Cl2N4O3. The lowest BCUT2D eigenvalue weighted by Gasteiger charge is -2.13. The fraction of sp³-hybridized carbons (Fsp3) is 0.150. The van der Waals surface area contributed by atoms with E-state index in [-0.39, 0.29) is 5.02 Å². The number of nitrogens with zero attached hydrogens (tertiary/aromatic N) is 2. The van der Waals surface area contributed by atoms with Gasteiger partial charge in [0.2, 0.25) is 0 Å². The molecule has 2 aromatic carbocycles. The lowest BCUT2D eigenvalue weighted by atomic mass is 10.2. The Labute approximate surface area is 177 Å². The van der Waals surface area contributed by atoms with Crippen LogP contribution in [0.5, 0.6) is 11.5 Å². The van der Waals surface area contributed by atoms with Crippen LogP contribution in [0.15, 0.2) is 58.6 Å². The van der Waals surface area contributed by atoms with E-state index < -0.39 is 5.56 Å². The van der Waals surface area contributed by atoms with Gasteiger partial charge in [0.1, 0.15) is 17.3 Å². The van der Waals surface area contributed by atoms with Gasteiger partial charge in [-0.05, 0) is 48.4 Å². The Hall–Kier alpha value is -3.03. The van der Waals surface area contributed by atoms with Crippen molar-refractivity contribution >= 4 is 35.1 Å². The minimum Gasteiger partial charge on any atom is -0.490 e. The molecule has 1 heterocycles. The Bertz CT molecular complexity index is 1070. The second-order valence-corrected chi connectivity index (χ2v) is 6.67. The third-order valence-corrected chi connectivity index (χ3v) is 4.36. The lowest BCUT2D eigenvalue weighted by molar-refractivity contribution is 0.269. The number of aromatic amines is 1. The molecule has 0 amide bonds. The molecule has 7 nitrogen and oxygen atoms in total. The van der Waals surface area contributed by atoms with Crippen molar-refractivity contribution in [1.82, 2.24) is 10.2 Å². The smallest absolute Gasteiger partial charge is 0.285 e. The molecule has 0 atom stereocenters. The Morgan fingerprint density at radius 2 is 2.03 bits per heavy atom. The van der Waals surface area contributed by atoms with Crippen LogP contribution in [0.25, 0.3) is 0 Å². The van der Waals surface area contributed by atoms with Gasteiger partial charge in [0, 0.05) is 5.02 Å². The molecule has 29 heavy (non-hydrogen) atoms. The molecule has 150 valence electrons. The van der Waals surface area contributed by atoms with Crippen LogP contribution in [0.1, 0.15) is 18.1 Å². The summed E-state index contributed by atoms with van der Waals surface area (Å²) in [5.74, 6) is 1.20. The van der Waals surface area contributed by atoms with Gasteiger partial charge in [-0.1, -0.05) is 35.3 Å². The SMILES string of the molecule is CCOc1cc(/C=N/Nc2cn[nH]c(=O)c2Cl)ccc1OCc1cccc(Cl)c1. The number of hydrogen-bond acceptors (Lipinski definition) is 6. The molecule has 0 saturated heterocycles. The second kappa shape index (κ2) is 9.95. The Morgan fingerprint density at radius 1 is 1.17 bits per heavy atom. The number of aromatic nitrogens is 2. The van der Waals surface area contributed by atoms with Crippen molar-refractivity contribution in [3.8, 4) is 11.5 Å². The average Bonchev–Trinajstić information content (AvgIpc) is 2.71. The minimum absolute atomic E-state index is 0.0167. The molecule has 0 aliphatic rings. The highest BCUT2D eigenvalue weighted by Crippen LogP contribution is 2.29. The number of H-pyrrole nitrogens is 1. The molecule has 0 bridgehead atoms. The number of benzene rings is 2. The molecule has 1 aromatic heterocycles. The first-order valence-electron chi connectivity index (χ1n) is 8.73. The topological polar surface area (TPSA) is 88.6 Å². The molecule has 0 aliphatic carbocycles. The van der Waals surface area contributed by atoms with Gasteiger partial charge in [-0.15, -0.1) is 0 Å². The lowest BCUT2D eigenvalue weighted by Crippen LogP contribution is -2.10. The van der Waals surface area contributed by atoms with Crippen LogP contribution in [-0.2, 0) is 6.61 Å². The minimum atomic E-state index is -0.494. The number of halogens is 2. The first-order chi connectivity index (χ1) is 14.1. The van der Waals surface area contributed by atoms with Gasteiger partial charge in [0.05, 0.1) is 19.0 Å². The third kappa shape index (κ3) is 5.73. The van der Waals surface area contributed by atoms with Crippen molar-refractivity contribution in [1.29, 1.82) is 0 Å². The van der Waals surface area contributed by atoms with E-state index in [1.54, 1.807) is 18.3 Å². The summed E-state index contributed by atoms with van der Waals surface area (Å²) in [7, 11) is 0. The van der Waals surface area contributed by atoms with Crippen molar-refractivity contribution in [3.63, 3.8) is 0 Å². The van der Waals surface area contributed by atoms with Crippen molar-refractivity contribution in [3.05, 3.63) is 80.2 Å². The molecule has 3 rings (SSSR count). The summed E-state index contributed by atoms with van der Waals surface area (Å²) < 4.78 is 11.6. The van der Waals surface area contributed by atoms with Crippen molar-refractivity contribution in [2.45, 2.75) is 13.5 Å². The van der Waals surface area contributed by atoms with E-state index in [0.29, 0.717) is 35.4 Å². The van der Waals surface area contributed by atoms with Gasteiger partial charge in [0.15, 0.2) is 11.5 Å². The standard InChI is InChI=1S/C20H18Cl2N4O3/c1-2-28-18-9-13(10-23-25-16-11-24-26-20(27)19(16)22)6-7-17(18)29-12-14-4-3-5-15(21)8-14/h3-11H,2,12H2,1H3,(H2,25,26,27)/b23-10+. The molecule has 3 aromatic rings. The monoisotopic (exact) mass is 432 g/mol. The Morgan fingerprint density at radius 3 is 2.83 bits per heavy atom. The first-order valence-corrected chi connectivity index (χ1v) is 9.48. The Balaban J connectivity index is 1.71. The van der Waals surface area contributed by atoms with E-state index in [0.717, 1.165) is 11.1 Å². The van der Waals surface area contributed by atoms with Crippen LogP contribution in [0, 0.1) is 0 Å². The maximum absolute atomic E-state index is 11.4. The van der Waals surface area contributed by atoms with E-state index in [1.165, 1.54) is 6.20 Å². The molecule has 0 spiro atoms. The van der Waals surface area contributed by atoms with Gasteiger partial charge in [-0.2, -0.15) is 10.2 Å². The van der Waals surface area contributed by atoms with Gasteiger partial charge < -0.3 is 9.47 Å². The number of rotatable bonds is 8. The quantitative estimate of drug-likeness (QED) is 0.404. The highest BCUT2D eigenvalue weighted by atomic mass is 35.5. The normalized spacial score (nSPS) is 10.9. The van der Waals surface area contributed by atoms with Crippen LogP contribution in [0.3, 0.4) is 0 Å². The summed E-state index contributed by atoms with van der Waals surface area (Å²) in [5, 5.41) is 10.6. The Kier molecular flexibility index (Phi) is 7.10. The van der Waals surface area contributed by atoms with Gasteiger partial charge >= 0.3 is 0 Å². The summed E-state index contributed by atoms with van der Waals surface area (Å²) in [6.07, 6.45) is 2.94. The fourth-order valence-electron chi connectivity index (χ4n) is 2.42. The number of anilines is 1. The molecule has 0 radical (unpaired) electrons. The second-order valence-electron chi connectivity index (χ2n) is 5.85. The van der Waals surface area contributed by atoms with Gasteiger partial charge in [0.25, 0.3) is 5.56 Å². The van der Waals surface area contributed by atoms with Crippen LogP contribution in [0.4, 0.5) is 5.69 Å². The first kappa shape index (κ1) is 20.7. The van der Waals surface area contributed by atoms with Crippen LogP contribution < -0.4 is 20.5 Å². The molecule has 0 unspecified atom stereocenters. The van der Waals surface area contributed by atoms with Crippen molar-refractivity contribution in [2.24, 2.45) is 5.10 Å². The summed E-state index contributed by atoms with van der Waals surface area (Å²) >= 11 is 11.9. The van der Waals surface area contributed by atoms with Crippen LogP contribution >= 0.6 is 23.2 Å². The van der Waals surface area contributed by atoms with Gasteiger partial charge in [-0.3, -0.25) is 10.2 Å². The molecular weight excluding hydrogens is 415 g/mol. The zero-order valence-electron chi connectivity index (χ0n) is 15.5. The fourth-order valence-corrected chi connectivity index (χ4v) is 2.76. The predicted molar refractivity (Wildman–Crippen MR) is 114 cm³/mol. The number of hydrazone groups is 1. The maximum Gasteiger partial charge on any atom is 0.285 e. The molecule has 0 aliphatic heterocycles. The molecule has 0 fully saturated rings. The molecule has 9 heteroatoms. The van der Waals surface area contributed by atoms with E-state index in [4.69, 9.17) is 32.7 Å². The highest BCUT2D eigenvalue weighted by molar-refractivity contribution is 6.32. The number of ether oxygens (including phenoxy) is 2. The van der Waals surface area contributed by atoms with E-state index in [2.05, 4.69) is 20.7 Å². The third-order valence-electron chi connectivity index (χ3n) is 3.75. The highest BCUT2D eigenvalue weighted by Gasteiger charge is 2.07. The number of hydrogen-bond donors (Lipinski definition) is 2. The van der Waals surface area contributed by atoms with Crippen molar-refractivity contribution in [2.75, 3.05) is 12.0 Å². The maximum atomic E-state index is 11.4. The zero-order chi connectivity index (χ0) is 20.6. The predicted octanol–water partition coefficient (Wildman–Crippen LogP) is 4.50. The summed E-state index contributed by atoms with van der Waals surface area (Å²) in [6, 6.07) is 12.9. The average molecular weight is 433 g/mol. The van der Waals surface area contributed by atoms with E-state index in [1.807, 2.05) is 37.3 Å². The van der Waals surface area contributed by atoms with E-state index >= 15 is 0 Å². The summed E-state index contributed by atoms with van der Waals surface area (Å²) in [4.78, 5) is 11.4. The number of nitrogens with one attached hydrogen (secondary N) is 2. The van der Waals surface area contributed by atoms with E-state index in [9.17, 15) is 4.79 Å².